The summed E-state index contributed by atoms with van der Waals surface area (Å²) in [6, 6.07) is 9.78. The van der Waals surface area contributed by atoms with Gasteiger partial charge in [0.25, 0.3) is 0 Å². The fraction of sp³-hybridized carbons (Fsp3) is 0.200. The Morgan fingerprint density at radius 2 is 1.93 bits per heavy atom. The monoisotopic (exact) mass is 419 g/mol. The first kappa shape index (κ1) is 18.8. The van der Waals surface area contributed by atoms with E-state index in [0.717, 1.165) is 0 Å². The van der Waals surface area contributed by atoms with Crippen LogP contribution in [0, 0.1) is 0 Å². The summed E-state index contributed by atoms with van der Waals surface area (Å²) in [5.41, 5.74) is 0.958. The summed E-state index contributed by atoms with van der Waals surface area (Å²) in [6.07, 6.45) is 1.07. The van der Waals surface area contributed by atoms with Crippen molar-refractivity contribution < 1.29 is 23.8 Å². The van der Waals surface area contributed by atoms with Crippen molar-refractivity contribution >= 4 is 41.2 Å². The van der Waals surface area contributed by atoms with Crippen molar-refractivity contribution in [2.75, 3.05) is 26.3 Å². The van der Waals surface area contributed by atoms with Crippen LogP contribution in [0.5, 0.6) is 11.5 Å². The van der Waals surface area contributed by atoms with Gasteiger partial charge in [0.15, 0.2) is 5.76 Å². The van der Waals surface area contributed by atoms with Gasteiger partial charge >= 0.3 is 6.09 Å². The summed E-state index contributed by atoms with van der Waals surface area (Å²) in [7, 11) is 0. The third-order valence-electron chi connectivity index (χ3n) is 4.38. The van der Waals surface area contributed by atoms with E-state index in [1.165, 1.54) is 12.1 Å². The normalized spacial score (nSPS) is 17.4. The summed E-state index contributed by atoms with van der Waals surface area (Å²) >= 11 is 12.2. The van der Waals surface area contributed by atoms with E-state index in [2.05, 4.69) is 0 Å². The number of Topliss-reactive ketones (excluding diaryl/α,β-unsaturated/α-hetero) is 1. The van der Waals surface area contributed by atoms with Gasteiger partial charge in [0, 0.05) is 19.2 Å². The van der Waals surface area contributed by atoms with Crippen LogP contribution < -0.4 is 9.47 Å². The van der Waals surface area contributed by atoms with Gasteiger partial charge in [-0.2, -0.15) is 0 Å². The van der Waals surface area contributed by atoms with Crippen LogP contribution in [-0.2, 0) is 4.74 Å². The summed E-state index contributed by atoms with van der Waals surface area (Å²) < 4.78 is 16.3. The quantitative estimate of drug-likeness (QED) is 0.673. The van der Waals surface area contributed by atoms with E-state index in [9.17, 15) is 9.59 Å². The van der Waals surface area contributed by atoms with Crippen LogP contribution in [0.2, 0.25) is 10.0 Å². The Morgan fingerprint density at radius 1 is 1.14 bits per heavy atom. The van der Waals surface area contributed by atoms with Crippen molar-refractivity contribution in [2.24, 2.45) is 0 Å². The minimum Gasteiger partial charge on any atom is -0.452 e. The minimum absolute atomic E-state index is 0.121. The standard InChI is InChI=1S/C20H15Cl2NO5/c21-15-3-1-2-12(18(15)22)10-17-19(24)14-5-4-13(11-16(14)28-17)27-20(25)23-6-8-26-9-7-23/h1-5,10-11H,6-9H2/b17-10-. The van der Waals surface area contributed by atoms with E-state index in [1.54, 1.807) is 35.2 Å². The molecule has 0 atom stereocenters. The summed E-state index contributed by atoms with van der Waals surface area (Å²) in [5.74, 6) is 0.458. The molecule has 1 saturated heterocycles. The zero-order valence-corrected chi connectivity index (χ0v) is 16.1. The molecule has 0 aromatic heterocycles. The number of ketones is 1. The average molecular weight is 420 g/mol. The number of carbonyl (C=O) groups excluding carboxylic acids is 2. The second-order valence-electron chi connectivity index (χ2n) is 6.21. The number of rotatable bonds is 2. The topological polar surface area (TPSA) is 65.1 Å². The predicted octanol–water partition coefficient (Wildman–Crippen LogP) is 4.44. The molecule has 2 heterocycles. The Kier molecular flexibility index (Phi) is 5.26. The first-order chi connectivity index (χ1) is 13.5. The van der Waals surface area contributed by atoms with Crippen molar-refractivity contribution in [3.8, 4) is 11.5 Å². The average Bonchev–Trinajstić information content (AvgIpc) is 3.01. The predicted molar refractivity (Wildman–Crippen MR) is 104 cm³/mol. The van der Waals surface area contributed by atoms with Gasteiger partial charge in [-0.05, 0) is 29.8 Å². The van der Waals surface area contributed by atoms with Gasteiger partial charge < -0.3 is 19.1 Å². The van der Waals surface area contributed by atoms with Crippen molar-refractivity contribution in [2.45, 2.75) is 0 Å². The van der Waals surface area contributed by atoms with Crippen molar-refractivity contribution in [3.63, 3.8) is 0 Å². The van der Waals surface area contributed by atoms with E-state index < -0.39 is 6.09 Å². The highest BCUT2D eigenvalue weighted by Crippen LogP contribution is 2.36. The van der Waals surface area contributed by atoms with Crippen LogP contribution in [0.15, 0.2) is 42.2 Å². The Labute approximate surface area is 171 Å². The molecule has 144 valence electrons. The first-order valence-corrected chi connectivity index (χ1v) is 9.35. The number of carbonyl (C=O) groups is 2. The molecular weight excluding hydrogens is 405 g/mol. The van der Waals surface area contributed by atoms with Crippen molar-refractivity contribution in [1.29, 1.82) is 0 Å². The van der Waals surface area contributed by atoms with Gasteiger partial charge in [-0.15, -0.1) is 0 Å². The lowest BCUT2D eigenvalue weighted by molar-refractivity contribution is 0.0416. The van der Waals surface area contributed by atoms with Crippen LogP contribution in [0.3, 0.4) is 0 Å². The Morgan fingerprint density at radius 3 is 2.71 bits per heavy atom. The number of allylic oxidation sites excluding steroid dienone is 1. The van der Waals surface area contributed by atoms with Crippen LogP contribution in [0.1, 0.15) is 15.9 Å². The third kappa shape index (κ3) is 3.71. The molecule has 1 amide bonds. The number of halogens is 2. The second-order valence-corrected chi connectivity index (χ2v) is 6.99. The zero-order valence-electron chi connectivity index (χ0n) is 14.6. The maximum atomic E-state index is 12.6. The smallest absolute Gasteiger partial charge is 0.415 e. The summed E-state index contributed by atoms with van der Waals surface area (Å²) in [5, 5.41) is 0.723. The van der Waals surface area contributed by atoms with Gasteiger partial charge in [0.2, 0.25) is 5.78 Å². The second kappa shape index (κ2) is 7.83. The van der Waals surface area contributed by atoms with E-state index in [0.29, 0.717) is 59.0 Å². The maximum absolute atomic E-state index is 12.6. The Hall–Kier alpha value is -2.54. The zero-order chi connectivity index (χ0) is 19.7. The van der Waals surface area contributed by atoms with E-state index in [1.807, 2.05) is 0 Å². The molecule has 0 spiro atoms. The molecule has 0 N–H and O–H groups in total. The molecule has 0 unspecified atom stereocenters. The van der Waals surface area contributed by atoms with Crippen LogP contribution in [-0.4, -0.2) is 43.1 Å². The molecule has 2 aromatic rings. The Balaban J connectivity index is 1.53. The lowest BCUT2D eigenvalue weighted by Crippen LogP contribution is -2.42. The van der Waals surface area contributed by atoms with E-state index >= 15 is 0 Å². The molecule has 0 saturated carbocycles. The van der Waals surface area contributed by atoms with Crippen LogP contribution in [0.25, 0.3) is 6.08 Å². The molecule has 0 bridgehead atoms. The third-order valence-corrected chi connectivity index (χ3v) is 5.22. The summed E-state index contributed by atoms with van der Waals surface area (Å²) in [4.78, 5) is 26.4. The molecule has 2 aliphatic rings. The Bertz CT molecular complexity index is 983. The molecule has 28 heavy (non-hydrogen) atoms. The van der Waals surface area contributed by atoms with Gasteiger partial charge in [0.1, 0.15) is 11.5 Å². The SMILES string of the molecule is O=C1/C(=C/c2cccc(Cl)c2Cl)Oc2cc(OC(=O)N3CCOCC3)ccc21. The number of fused-ring (bicyclic) bond motifs is 1. The summed E-state index contributed by atoms with van der Waals surface area (Å²) in [6.45, 7) is 1.92. The number of hydrogen-bond acceptors (Lipinski definition) is 5. The highest BCUT2D eigenvalue weighted by atomic mass is 35.5. The van der Waals surface area contributed by atoms with Gasteiger partial charge in [-0.1, -0.05) is 35.3 Å². The molecular formula is C20H15Cl2NO5. The molecule has 2 aromatic carbocycles. The van der Waals surface area contributed by atoms with E-state index in [4.69, 9.17) is 37.4 Å². The molecule has 1 fully saturated rings. The van der Waals surface area contributed by atoms with Crippen molar-refractivity contribution in [3.05, 3.63) is 63.3 Å². The van der Waals surface area contributed by atoms with Crippen molar-refractivity contribution in [1.82, 2.24) is 4.90 Å². The number of amides is 1. The lowest BCUT2D eigenvalue weighted by Gasteiger charge is -2.25. The number of morpholine rings is 1. The number of ether oxygens (including phenoxy) is 3. The van der Waals surface area contributed by atoms with Gasteiger partial charge in [-0.25, -0.2) is 4.79 Å². The van der Waals surface area contributed by atoms with E-state index in [-0.39, 0.29) is 11.5 Å². The molecule has 8 heteroatoms. The molecule has 0 aliphatic carbocycles. The van der Waals surface area contributed by atoms with Crippen LogP contribution in [0.4, 0.5) is 4.79 Å². The van der Waals surface area contributed by atoms with Gasteiger partial charge in [0.05, 0.1) is 28.8 Å². The van der Waals surface area contributed by atoms with Crippen LogP contribution >= 0.6 is 23.2 Å². The highest BCUT2D eigenvalue weighted by Gasteiger charge is 2.29. The number of benzene rings is 2. The fourth-order valence-corrected chi connectivity index (χ4v) is 3.28. The number of hydrogen-bond donors (Lipinski definition) is 0. The maximum Gasteiger partial charge on any atom is 0.415 e. The largest absolute Gasteiger partial charge is 0.452 e. The lowest BCUT2D eigenvalue weighted by atomic mass is 10.1. The molecule has 4 rings (SSSR count). The highest BCUT2D eigenvalue weighted by molar-refractivity contribution is 6.43. The minimum atomic E-state index is -0.464. The molecule has 0 radical (unpaired) electrons. The molecule has 2 aliphatic heterocycles. The first-order valence-electron chi connectivity index (χ1n) is 8.60. The molecule has 6 nitrogen and oxygen atoms in total. The number of nitrogens with zero attached hydrogens (tertiary/aromatic N) is 1. The fourth-order valence-electron chi connectivity index (χ4n) is 2.92. The van der Waals surface area contributed by atoms with Gasteiger partial charge in [-0.3, -0.25) is 4.79 Å².